The Morgan fingerprint density at radius 3 is 2.40 bits per heavy atom. The average Bonchev–Trinajstić information content (AvgIpc) is 2.97. The zero-order valence-electron chi connectivity index (χ0n) is 13.6. The van der Waals surface area contributed by atoms with Crippen LogP contribution in [-0.4, -0.2) is 30.4 Å². The van der Waals surface area contributed by atoms with Crippen LogP contribution >= 0.6 is 11.6 Å². The molecule has 5 nitrogen and oxygen atoms in total. The summed E-state index contributed by atoms with van der Waals surface area (Å²) in [4.78, 5) is 28.7. The van der Waals surface area contributed by atoms with Crippen molar-refractivity contribution in [1.29, 1.82) is 0 Å². The van der Waals surface area contributed by atoms with E-state index in [1.54, 1.807) is 24.1 Å². The molecule has 2 aliphatic rings. The van der Waals surface area contributed by atoms with Gasteiger partial charge in [0, 0.05) is 17.8 Å². The molecule has 2 aliphatic heterocycles. The first kappa shape index (κ1) is 15.7. The van der Waals surface area contributed by atoms with Crippen molar-refractivity contribution < 1.29 is 9.59 Å². The molecule has 2 heterocycles. The minimum atomic E-state index is -0.475. The molecule has 0 aliphatic carbocycles. The highest BCUT2D eigenvalue weighted by molar-refractivity contribution is 6.30. The maximum atomic E-state index is 13.1. The monoisotopic (exact) mass is 353 g/mol. The number of hydrogen-bond acceptors (Lipinski definition) is 2. The van der Waals surface area contributed by atoms with Crippen molar-refractivity contribution in [2.24, 2.45) is 0 Å². The van der Waals surface area contributed by atoms with Crippen molar-refractivity contribution >= 4 is 29.2 Å². The van der Waals surface area contributed by atoms with Gasteiger partial charge >= 0.3 is 6.03 Å². The second kappa shape index (κ2) is 5.93. The van der Waals surface area contributed by atoms with Crippen LogP contribution in [0.4, 0.5) is 10.5 Å². The van der Waals surface area contributed by atoms with Gasteiger partial charge in [0.15, 0.2) is 0 Å². The molecule has 0 spiro atoms. The largest absolute Gasteiger partial charge is 0.327 e. The predicted octanol–water partition coefficient (Wildman–Crippen LogP) is 3.34. The van der Waals surface area contributed by atoms with E-state index >= 15 is 0 Å². The van der Waals surface area contributed by atoms with Crippen molar-refractivity contribution in [3.8, 4) is 0 Å². The van der Waals surface area contributed by atoms with Gasteiger partial charge in [0.2, 0.25) is 0 Å². The second-order valence-corrected chi connectivity index (χ2v) is 6.52. The minimum absolute atomic E-state index is 0.0898. The molecule has 0 aromatic heterocycles. The van der Waals surface area contributed by atoms with Crippen LogP contribution in [0, 0.1) is 0 Å². The molecular formula is C19H16ClN3O2. The number of hydrogen-bond donors (Lipinski definition) is 1. The van der Waals surface area contributed by atoms with Gasteiger partial charge in [-0.2, -0.15) is 0 Å². The number of likely N-dealkylation sites (N-methyl/N-ethyl adjacent to an activating group) is 1. The number of benzene rings is 2. The molecule has 0 fully saturated rings. The number of carbonyl (C=O) groups is 2. The fourth-order valence-corrected chi connectivity index (χ4v) is 3.42. The number of nitrogens with zero attached hydrogens (tertiary/aromatic N) is 2. The van der Waals surface area contributed by atoms with E-state index in [-0.39, 0.29) is 11.9 Å². The van der Waals surface area contributed by atoms with E-state index in [0.717, 1.165) is 16.9 Å². The highest BCUT2D eigenvalue weighted by Crippen LogP contribution is 2.37. The predicted molar refractivity (Wildman–Crippen MR) is 96.3 cm³/mol. The second-order valence-electron chi connectivity index (χ2n) is 6.08. The van der Waals surface area contributed by atoms with Crippen molar-refractivity contribution in [2.75, 3.05) is 18.5 Å². The molecule has 0 bridgehead atoms. The molecule has 6 heteroatoms. The quantitative estimate of drug-likeness (QED) is 0.900. The standard InChI is InChI=1S/C19H16ClN3O2/c1-22-15-11-23(14-5-3-2-4-6-14)18(24)16(15)17(21-19(22)25)12-7-9-13(20)10-8-12/h2-10,17H,11H2,1H3,(H,21,25)/t17-/m1/s1. The fraction of sp³-hybridized carbons (Fsp3) is 0.158. The Hall–Kier alpha value is -2.79. The SMILES string of the molecule is CN1C(=O)N[C@H](c2ccc(Cl)cc2)C2=C1CN(c1ccccc1)C2=O. The van der Waals surface area contributed by atoms with Gasteiger partial charge < -0.3 is 10.2 Å². The summed E-state index contributed by atoms with van der Waals surface area (Å²) in [6, 6.07) is 16.0. The molecule has 0 radical (unpaired) electrons. The molecule has 2 aromatic rings. The van der Waals surface area contributed by atoms with Crippen LogP contribution in [0.5, 0.6) is 0 Å². The molecule has 2 aromatic carbocycles. The van der Waals surface area contributed by atoms with Crippen LogP contribution in [0.25, 0.3) is 0 Å². The van der Waals surface area contributed by atoms with E-state index in [0.29, 0.717) is 17.1 Å². The van der Waals surface area contributed by atoms with E-state index in [1.807, 2.05) is 42.5 Å². The summed E-state index contributed by atoms with van der Waals surface area (Å²) in [5, 5.41) is 3.53. The van der Waals surface area contributed by atoms with Crippen LogP contribution < -0.4 is 10.2 Å². The Morgan fingerprint density at radius 2 is 1.72 bits per heavy atom. The van der Waals surface area contributed by atoms with Crippen molar-refractivity contribution in [1.82, 2.24) is 10.2 Å². The number of para-hydroxylation sites is 1. The average molecular weight is 354 g/mol. The van der Waals surface area contributed by atoms with Gasteiger partial charge in [0.1, 0.15) is 0 Å². The van der Waals surface area contributed by atoms with E-state index in [9.17, 15) is 9.59 Å². The number of anilines is 1. The van der Waals surface area contributed by atoms with Crippen LogP contribution in [0.3, 0.4) is 0 Å². The van der Waals surface area contributed by atoms with Gasteiger partial charge in [0.05, 0.1) is 23.9 Å². The third kappa shape index (κ3) is 2.57. The summed E-state index contributed by atoms with van der Waals surface area (Å²) in [5.74, 6) is -0.0898. The lowest BCUT2D eigenvalue weighted by Gasteiger charge is -2.31. The summed E-state index contributed by atoms with van der Waals surface area (Å²) in [6.07, 6.45) is 0. The molecular weight excluding hydrogens is 338 g/mol. The van der Waals surface area contributed by atoms with Crippen molar-refractivity contribution in [3.05, 3.63) is 76.5 Å². The van der Waals surface area contributed by atoms with Gasteiger partial charge in [-0.3, -0.25) is 9.69 Å². The van der Waals surface area contributed by atoms with Gasteiger partial charge in [-0.05, 0) is 29.8 Å². The summed E-state index contributed by atoms with van der Waals surface area (Å²) in [5.41, 5.74) is 2.99. The summed E-state index contributed by atoms with van der Waals surface area (Å²) in [7, 11) is 1.69. The lowest BCUT2D eigenvalue weighted by molar-refractivity contribution is -0.114. The van der Waals surface area contributed by atoms with Crippen molar-refractivity contribution in [3.63, 3.8) is 0 Å². The van der Waals surface area contributed by atoms with Crippen LogP contribution in [0.15, 0.2) is 65.9 Å². The molecule has 25 heavy (non-hydrogen) atoms. The molecule has 4 rings (SSSR count). The smallest absolute Gasteiger partial charge is 0.322 e. The van der Waals surface area contributed by atoms with Crippen LogP contribution in [0.1, 0.15) is 11.6 Å². The Morgan fingerprint density at radius 1 is 1.04 bits per heavy atom. The Balaban J connectivity index is 1.77. The first-order chi connectivity index (χ1) is 12.1. The Bertz CT molecular complexity index is 877. The number of nitrogens with one attached hydrogen (secondary N) is 1. The third-order valence-corrected chi connectivity index (χ3v) is 4.88. The maximum absolute atomic E-state index is 13.1. The highest BCUT2D eigenvalue weighted by atomic mass is 35.5. The number of urea groups is 1. The molecule has 0 saturated heterocycles. The van der Waals surface area contributed by atoms with Gasteiger partial charge in [-0.15, -0.1) is 0 Å². The maximum Gasteiger partial charge on any atom is 0.322 e. The topological polar surface area (TPSA) is 52.7 Å². The Kier molecular flexibility index (Phi) is 3.73. The highest BCUT2D eigenvalue weighted by Gasteiger charge is 2.43. The first-order valence-electron chi connectivity index (χ1n) is 7.96. The van der Waals surface area contributed by atoms with Gasteiger partial charge in [-0.25, -0.2) is 4.79 Å². The van der Waals surface area contributed by atoms with Gasteiger partial charge in [-0.1, -0.05) is 41.9 Å². The molecule has 1 atom stereocenters. The lowest BCUT2D eigenvalue weighted by Crippen LogP contribution is -2.45. The first-order valence-corrected chi connectivity index (χ1v) is 8.33. The molecule has 0 unspecified atom stereocenters. The van der Waals surface area contributed by atoms with Crippen LogP contribution in [0.2, 0.25) is 5.02 Å². The Labute approximate surface area is 150 Å². The summed E-state index contributed by atoms with van der Waals surface area (Å²) >= 11 is 5.96. The van der Waals surface area contributed by atoms with Crippen molar-refractivity contribution in [2.45, 2.75) is 6.04 Å². The zero-order chi connectivity index (χ0) is 17.6. The fourth-order valence-electron chi connectivity index (χ4n) is 3.29. The zero-order valence-corrected chi connectivity index (χ0v) is 14.3. The molecule has 3 amide bonds. The van der Waals surface area contributed by atoms with E-state index in [4.69, 9.17) is 11.6 Å². The normalized spacial score (nSPS) is 20.0. The number of halogens is 1. The third-order valence-electron chi connectivity index (χ3n) is 4.63. The van der Waals surface area contributed by atoms with E-state index in [2.05, 4.69) is 5.32 Å². The molecule has 126 valence electrons. The number of rotatable bonds is 2. The molecule has 1 N–H and O–H groups in total. The number of carbonyl (C=O) groups excluding carboxylic acids is 2. The lowest BCUT2D eigenvalue weighted by atomic mass is 9.96. The van der Waals surface area contributed by atoms with E-state index < -0.39 is 6.04 Å². The summed E-state index contributed by atoms with van der Waals surface area (Å²) in [6.45, 7) is 0.381. The summed E-state index contributed by atoms with van der Waals surface area (Å²) < 4.78 is 0. The number of amides is 3. The van der Waals surface area contributed by atoms with Crippen LogP contribution in [-0.2, 0) is 4.79 Å². The van der Waals surface area contributed by atoms with E-state index in [1.165, 1.54) is 4.90 Å². The molecule has 0 saturated carbocycles. The van der Waals surface area contributed by atoms with Gasteiger partial charge in [0.25, 0.3) is 5.91 Å². The minimum Gasteiger partial charge on any atom is -0.327 e.